The first-order chi connectivity index (χ1) is 8.17. The quantitative estimate of drug-likeness (QED) is 0.714. The van der Waals surface area contributed by atoms with Gasteiger partial charge in [0.05, 0.1) is 5.41 Å². The molecule has 17 heavy (non-hydrogen) atoms. The van der Waals surface area contributed by atoms with E-state index in [1.165, 1.54) is 0 Å². The molecule has 1 aromatic carbocycles. The Bertz CT molecular complexity index is 350. The van der Waals surface area contributed by atoms with E-state index in [2.05, 4.69) is 0 Å². The Hall–Kier alpha value is -1.35. The van der Waals surface area contributed by atoms with Gasteiger partial charge in [-0.25, -0.2) is 0 Å². The van der Waals surface area contributed by atoms with Crippen LogP contribution >= 0.6 is 0 Å². The van der Waals surface area contributed by atoms with E-state index in [9.17, 15) is 9.90 Å². The minimum atomic E-state index is -0.754. The van der Waals surface area contributed by atoms with Crippen molar-refractivity contribution in [1.82, 2.24) is 0 Å². The molecule has 0 aliphatic heterocycles. The Balaban J connectivity index is 2.97. The van der Waals surface area contributed by atoms with E-state index in [0.29, 0.717) is 19.4 Å². The maximum atomic E-state index is 11.6. The lowest BCUT2D eigenvalue weighted by Crippen LogP contribution is -2.35. The van der Waals surface area contributed by atoms with Crippen LogP contribution in [0.15, 0.2) is 30.3 Å². The minimum absolute atomic E-state index is 0.608. The first-order valence-corrected chi connectivity index (χ1v) is 6.16. The molecule has 3 heteroatoms. The summed E-state index contributed by atoms with van der Waals surface area (Å²) in [5, 5.41) is 9.55. The largest absolute Gasteiger partial charge is 0.481 e. The van der Waals surface area contributed by atoms with E-state index < -0.39 is 11.4 Å². The maximum absolute atomic E-state index is 11.6. The second-order valence-electron chi connectivity index (χ2n) is 4.35. The third kappa shape index (κ3) is 3.07. The van der Waals surface area contributed by atoms with Gasteiger partial charge in [-0.2, -0.15) is 0 Å². The van der Waals surface area contributed by atoms with Crippen LogP contribution in [-0.2, 0) is 10.2 Å². The fourth-order valence-corrected chi connectivity index (χ4v) is 2.24. The highest BCUT2D eigenvalue weighted by molar-refractivity contribution is 5.81. The molecule has 1 unspecified atom stereocenters. The van der Waals surface area contributed by atoms with Crippen molar-refractivity contribution in [3.8, 4) is 0 Å². The van der Waals surface area contributed by atoms with Gasteiger partial charge >= 0.3 is 5.97 Å². The first kappa shape index (κ1) is 13.7. The molecule has 0 aliphatic rings. The number of hydrogen-bond donors (Lipinski definition) is 2. The lowest BCUT2D eigenvalue weighted by atomic mass is 9.74. The topological polar surface area (TPSA) is 63.3 Å². The van der Waals surface area contributed by atoms with Crippen LogP contribution in [0.2, 0.25) is 0 Å². The number of hydrogen-bond acceptors (Lipinski definition) is 2. The van der Waals surface area contributed by atoms with Gasteiger partial charge in [0.2, 0.25) is 0 Å². The molecule has 0 aliphatic carbocycles. The molecule has 3 N–H and O–H groups in total. The van der Waals surface area contributed by atoms with Crippen molar-refractivity contribution in [1.29, 1.82) is 0 Å². The molecule has 0 radical (unpaired) electrons. The second-order valence-corrected chi connectivity index (χ2v) is 4.35. The summed E-state index contributed by atoms with van der Waals surface area (Å²) in [7, 11) is 0. The van der Waals surface area contributed by atoms with E-state index in [1.54, 1.807) is 0 Å². The van der Waals surface area contributed by atoms with E-state index >= 15 is 0 Å². The van der Waals surface area contributed by atoms with E-state index in [-0.39, 0.29) is 0 Å². The zero-order valence-electron chi connectivity index (χ0n) is 10.4. The summed E-state index contributed by atoms with van der Waals surface area (Å²) in [5.74, 6) is -0.733. The van der Waals surface area contributed by atoms with Gasteiger partial charge in [0.1, 0.15) is 0 Å². The van der Waals surface area contributed by atoms with Crippen LogP contribution in [0.25, 0.3) is 0 Å². The molecule has 94 valence electrons. The summed E-state index contributed by atoms with van der Waals surface area (Å²) < 4.78 is 0. The molecule has 0 aromatic heterocycles. The molecule has 0 fully saturated rings. The predicted octanol–water partition coefficient (Wildman–Crippen LogP) is 2.55. The molecule has 0 heterocycles. The Morgan fingerprint density at radius 1 is 1.29 bits per heavy atom. The van der Waals surface area contributed by atoms with Gasteiger partial charge in [0.15, 0.2) is 0 Å². The van der Waals surface area contributed by atoms with Crippen LogP contribution in [0.3, 0.4) is 0 Å². The summed E-state index contributed by atoms with van der Waals surface area (Å²) in [6.07, 6.45) is 2.99. The average Bonchev–Trinajstić information content (AvgIpc) is 2.36. The number of carboxylic acid groups (broad SMARTS) is 1. The molecule has 0 saturated carbocycles. The molecule has 0 bridgehead atoms. The Morgan fingerprint density at radius 3 is 2.41 bits per heavy atom. The highest BCUT2D eigenvalue weighted by Gasteiger charge is 2.37. The summed E-state index contributed by atoms with van der Waals surface area (Å²) >= 11 is 0. The first-order valence-electron chi connectivity index (χ1n) is 6.16. The highest BCUT2D eigenvalue weighted by Crippen LogP contribution is 2.33. The second kappa shape index (κ2) is 6.40. The fraction of sp³-hybridized carbons (Fsp3) is 0.500. The number of rotatable bonds is 7. The van der Waals surface area contributed by atoms with E-state index in [1.807, 2.05) is 37.3 Å². The molecular formula is C14H21NO2. The molecule has 0 spiro atoms. The van der Waals surface area contributed by atoms with Crippen molar-refractivity contribution in [2.24, 2.45) is 5.73 Å². The molecule has 1 rings (SSSR count). The predicted molar refractivity (Wildman–Crippen MR) is 69.0 cm³/mol. The van der Waals surface area contributed by atoms with Gasteiger partial charge in [-0.3, -0.25) is 4.79 Å². The Kier molecular flexibility index (Phi) is 5.16. The average molecular weight is 235 g/mol. The van der Waals surface area contributed by atoms with Crippen LogP contribution in [-0.4, -0.2) is 17.6 Å². The number of carbonyl (C=O) groups is 1. The van der Waals surface area contributed by atoms with Crippen molar-refractivity contribution in [3.63, 3.8) is 0 Å². The van der Waals surface area contributed by atoms with Crippen LogP contribution in [0.5, 0.6) is 0 Å². The van der Waals surface area contributed by atoms with Crippen LogP contribution in [0.1, 0.15) is 38.2 Å². The van der Waals surface area contributed by atoms with Gasteiger partial charge in [-0.15, -0.1) is 0 Å². The lowest BCUT2D eigenvalue weighted by molar-refractivity contribution is -0.144. The fourth-order valence-electron chi connectivity index (χ4n) is 2.24. The Labute approximate surface area is 103 Å². The van der Waals surface area contributed by atoms with Gasteiger partial charge in [-0.05, 0) is 31.4 Å². The zero-order chi connectivity index (χ0) is 12.7. The van der Waals surface area contributed by atoms with Gasteiger partial charge in [0, 0.05) is 0 Å². The molecule has 0 amide bonds. The number of benzene rings is 1. The van der Waals surface area contributed by atoms with Gasteiger partial charge < -0.3 is 10.8 Å². The van der Waals surface area contributed by atoms with Crippen LogP contribution in [0.4, 0.5) is 0 Å². The summed E-state index contributed by atoms with van der Waals surface area (Å²) in [6.45, 7) is 2.55. The van der Waals surface area contributed by atoms with Crippen molar-refractivity contribution >= 4 is 5.97 Å². The van der Waals surface area contributed by atoms with Crippen molar-refractivity contribution < 1.29 is 9.90 Å². The van der Waals surface area contributed by atoms with Gasteiger partial charge in [0.25, 0.3) is 0 Å². The SMILES string of the molecule is CCC(CCCCN)(C(=O)O)c1ccccc1. The highest BCUT2D eigenvalue weighted by atomic mass is 16.4. The molecule has 1 atom stereocenters. The smallest absolute Gasteiger partial charge is 0.314 e. The third-order valence-electron chi connectivity index (χ3n) is 3.40. The summed E-state index contributed by atoms with van der Waals surface area (Å²) in [6, 6.07) is 9.50. The van der Waals surface area contributed by atoms with Crippen LogP contribution < -0.4 is 5.73 Å². The minimum Gasteiger partial charge on any atom is -0.481 e. The summed E-state index contributed by atoms with van der Waals surface area (Å²) in [5.41, 5.74) is 5.61. The summed E-state index contributed by atoms with van der Waals surface area (Å²) in [4.78, 5) is 11.6. The number of aliphatic carboxylic acids is 1. The zero-order valence-corrected chi connectivity index (χ0v) is 10.4. The van der Waals surface area contributed by atoms with Gasteiger partial charge in [-0.1, -0.05) is 43.7 Å². The van der Waals surface area contributed by atoms with Crippen LogP contribution in [0, 0.1) is 0 Å². The van der Waals surface area contributed by atoms with E-state index in [0.717, 1.165) is 18.4 Å². The van der Waals surface area contributed by atoms with E-state index in [4.69, 9.17) is 5.73 Å². The lowest BCUT2D eigenvalue weighted by Gasteiger charge is -2.28. The van der Waals surface area contributed by atoms with Crippen molar-refractivity contribution in [2.45, 2.75) is 38.0 Å². The maximum Gasteiger partial charge on any atom is 0.314 e. The molecule has 1 aromatic rings. The molecule has 3 nitrogen and oxygen atoms in total. The van der Waals surface area contributed by atoms with Crippen molar-refractivity contribution in [3.05, 3.63) is 35.9 Å². The standard InChI is InChI=1S/C14H21NO2/c1-2-14(13(16)17,10-6-7-11-15)12-8-4-3-5-9-12/h3-5,8-9H,2,6-7,10-11,15H2,1H3,(H,16,17). The van der Waals surface area contributed by atoms with Crippen molar-refractivity contribution in [2.75, 3.05) is 6.54 Å². The number of carboxylic acids is 1. The normalized spacial score (nSPS) is 14.2. The number of nitrogens with two attached hydrogens (primary N) is 1. The number of unbranched alkanes of at least 4 members (excludes halogenated alkanes) is 1. The monoisotopic (exact) mass is 235 g/mol. The molecular weight excluding hydrogens is 214 g/mol. The molecule has 0 saturated heterocycles. The Morgan fingerprint density at radius 2 is 1.94 bits per heavy atom. The third-order valence-corrected chi connectivity index (χ3v) is 3.40.